The zero-order valence-electron chi connectivity index (χ0n) is 18.5. The van der Waals surface area contributed by atoms with Crippen molar-refractivity contribution in [3.05, 3.63) is 47.8 Å². The summed E-state index contributed by atoms with van der Waals surface area (Å²) >= 11 is 0. The second-order valence-corrected chi connectivity index (χ2v) is 8.08. The molecule has 1 atom stereocenters. The quantitative estimate of drug-likeness (QED) is 0.700. The van der Waals surface area contributed by atoms with Crippen LogP contribution in [0.1, 0.15) is 25.6 Å². The van der Waals surface area contributed by atoms with Crippen LogP contribution < -0.4 is 15.1 Å². The minimum absolute atomic E-state index is 0.207. The topological polar surface area (TPSA) is 103 Å². The molecule has 2 aliphatic rings. The highest BCUT2D eigenvalue weighted by Crippen LogP contribution is 2.31. The number of nitrogens with zero attached hydrogens (tertiary/aromatic N) is 5. The summed E-state index contributed by atoms with van der Waals surface area (Å²) in [6.07, 6.45) is 3.68. The van der Waals surface area contributed by atoms with E-state index in [0.29, 0.717) is 43.0 Å². The molecule has 2 aliphatic heterocycles. The number of piperidine rings is 1. The number of amides is 2. The van der Waals surface area contributed by atoms with Gasteiger partial charge in [-0.05, 0) is 43.5 Å². The predicted molar refractivity (Wildman–Crippen MR) is 120 cm³/mol. The Morgan fingerprint density at radius 2 is 2.12 bits per heavy atom. The molecule has 1 aromatic carbocycles. The zero-order valence-corrected chi connectivity index (χ0v) is 18.5. The number of nitriles is 1. The van der Waals surface area contributed by atoms with Crippen molar-refractivity contribution >= 4 is 29.1 Å². The Kier molecular flexibility index (Phi) is 6.31. The molecule has 1 N–H and O–H groups in total. The number of ether oxygens (including phenoxy) is 1. The number of anilines is 2. The summed E-state index contributed by atoms with van der Waals surface area (Å²) in [6.45, 7) is 4.85. The van der Waals surface area contributed by atoms with Gasteiger partial charge in [-0.3, -0.25) is 14.3 Å². The van der Waals surface area contributed by atoms with Gasteiger partial charge >= 0.3 is 6.09 Å². The number of benzene rings is 1. The molecule has 2 saturated heterocycles. The van der Waals surface area contributed by atoms with E-state index in [2.05, 4.69) is 16.4 Å². The van der Waals surface area contributed by atoms with Gasteiger partial charge in [0.25, 0.3) is 0 Å². The van der Waals surface area contributed by atoms with E-state index in [1.165, 1.54) is 17.9 Å². The molecule has 0 aliphatic carbocycles. The van der Waals surface area contributed by atoms with Crippen LogP contribution in [0.5, 0.6) is 0 Å². The predicted octanol–water partition coefficient (Wildman–Crippen LogP) is 2.83. The van der Waals surface area contributed by atoms with Gasteiger partial charge in [0.2, 0.25) is 5.91 Å². The van der Waals surface area contributed by atoms with Crippen LogP contribution >= 0.6 is 0 Å². The normalized spacial score (nSPS) is 18.2. The van der Waals surface area contributed by atoms with Gasteiger partial charge in [-0.1, -0.05) is 0 Å². The fourth-order valence-electron chi connectivity index (χ4n) is 4.19. The first-order valence-electron chi connectivity index (χ1n) is 10.8. The van der Waals surface area contributed by atoms with Gasteiger partial charge in [0.15, 0.2) is 0 Å². The van der Waals surface area contributed by atoms with Crippen LogP contribution in [-0.2, 0) is 9.53 Å². The van der Waals surface area contributed by atoms with Crippen LogP contribution in [0.25, 0.3) is 5.70 Å². The van der Waals surface area contributed by atoms with E-state index >= 15 is 4.39 Å². The highest BCUT2D eigenvalue weighted by molar-refractivity contribution is 5.90. The van der Waals surface area contributed by atoms with Crippen LogP contribution in [0.4, 0.5) is 20.6 Å². The van der Waals surface area contributed by atoms with E-state index in [1.807, 2.05) is 11.8 Å². The number of carbonyl (C=O) groups is 2. The Morgan fingerprint density at radius 3 is 2.73 bits per heavy atom. The first-order chi connectivity index (χ1) is 15.9. The molecule has 10 heteroatoms. The number of hydrogen-bond acceptors (Lipinski definition) is 6. The number of imidazole rings is 1. The molecule has 2 fully saturated rings. The summed E-state index contributed by atoms with van der Waals surface area (Å²) in [5.41, 5.74) is 2.47. The Bertz CT molecular complexity index is 1140. The number of carbonyl (C=O) groups excluding carboxylic acids is 2. The fourth-order valence-corrected chi connectivity index (χ4v) is 4.19. The molecule has 0 bridgehead atoms. The van der Waals surface area contributed by atoms with Crippen LogP contribution in [0.3, 0.4) is 0 Å². The van der Waals surface area contributed by atoms with Crippen LogP contribution in [-0.4, -0.2) is 53.8 Å². The van der Waals surface area contributed by atoms with Crippen molar-refractivity contribution < 1.29 is 18.7 Å². The summed E-state index contributed by atoms with van der Waals surface area (Å²) in [4.78, 5) is 30.8. The molecule has 2 aromatic rings. The lowest BCUT2D eigenvalue weighted by atomic mass is 10.0. The molecule has 0 spiro atoms. The SMILES string of the molecule is CC(=O)NC[C@H]1CN(c2ccc(N3CCC(=C(C#N)n4ccnc4C)CC3)c(F)c2)C(=O)O1. The third-order valence-electron chi connectivity index (χ3n) is 5.91. The number of aryl methyl sites for hydroxylation is 1. The second-order valence-electron chi connectivity index (χ2n) is 8.08. The Balaban J connectivity index is 1.44. The van der Waals surface area contributed by atoms with Gasteiger partial charge in [-0.2, -0.15) is 5.26 Å². The van der Waals surface area contributed by atoms with Gasteiger partial charge in [-0.25, -0.2) is 14.2 Å². The largest absolute Gasteiger partial charge is 0.442 e. The third-order valence-corrected chi connectivity index (χ3v) is 5.91. The summed E-state index contributed by atoms with van der Waals surface area (Å²) in [6, 6.07) is 6.97. The lowest BCUT2D eigenvalue weighted by Crippen LogP contribution is -2.33. The number of rotatable bonds is 5. The molecule has 172 valence electrons. The average Bonchev–Trinajstić information content (AvgIpc) is 3.39. The van der Waals surface area contributed by atoms with Gasteiger partial charge < -0.3 is 15.0 Å². The van der Waals surface area contributed by atoms with Gasteiger partial charge in [0.05, 0.1) is 24.5 Å². The van der Waals surface area contributed by atoms with Crippen molar-refractivity contribution in [2.24, 2.45) is 0 Å². The van der Waals surface area contributed by atoms with Crippen molar-refractivity contribution in [2.75, 3.05) is 36.0 Å². The molecule has 33 heavy (non-hydrogen) atoms. The van der Waals surface area contributed by atoms with E-state index in [0.717, 1.165) is 11.4 Å². The van der Waals surface area contributed by atoms with E-state index in [1.54, 1.807) is 29.1 Å². The minimum atomic E-state index is -0.566. The van der Waals surface area contributed by atoms with Crippen LogP contribution in [0, 0.1) is 24.1 Å². The molecular formula is C23H25FN6O3. The number of hydrogen-bond donors (Lipinski definition) is 1. The zero-order chi connectivity index (χ0) is 23.5. The average molecular weight is 452 g/mol. The Hall–Kier alpha value is -3.87. The maximum atomic E-state index is 15.0. The maximum absolute atomic E-state index is 15.0. The van der Waals surface area contributed by atoms with Crippen LogP contribution in [0.2, 0.25) is 0 Å². The van der Waals surface area contributed by atoms with Crippen molar-refractivity contribution in [3.63, 3.8) is 0 Å². The smallest absolute Gasteiger partial charge is 0.414 e. The van der Waals surface area contributed by atoms with Gasteiger partial charge in [0, 0.05) is 32.4 Å². The van der Waals surface area contributed by atoms with E-state index in [9.17, 15) is 14.9 Å². The molecule has 0 unspecified atom stereocenters. The summed E-state index contributed by atoms with van der Waals surface area (Å²) in [7, 11) is 0. The molecule has 0 saturated carbocycles. The molecule has 0 radical (unpaired) electrons. The highest BCUT2D eigenvalue weighted by atomic mass is 19.1. The summed E-state index contributed by atoms with van der Waals surface area (Å²) in [5.74, 6) is 0.119. The first kappa shape index (κ1) is 22.3. The van der Waals surface area contributed by atoms with E-state index in [-0.39, 0.29) is 19.0 Å². The second kappa shape index (κ2) is 9.32. The first-order valence-corrected chi connectivity index (χ1v) is 10.8. The Morgan fingerprint density at radius 1 is 1.36 bits per heavy atom. The minimum Gasteiger partial charge on any atom is -0.442 e. The molecular weight excluding hydrogens is 427 g/mol. The molecule has 4 rings (SSSR count). The number of halogens is 1. The number of cyclic esters (lactones) is 1. The number of allylic oxidation sites excluding steroid dienone is 1. The van der Waals surface area contributed by atoms with E-state index < -0.39 is 18.0 Å². The summed E-state index contributed by atoms with van der Waals surface area (Å²) < 4.78 is 22.0. The third kappa shape index (κ3) is 4.67. The standard InChI is InChI=1S/C23H25FN6O3/c1-15-26-7-10-29(15)22(12-25)17-5-8-28(9-6-17)21-4-3-18(11-20(21)24)30-14-19(33-23(30)32)13-27-16(2)31/h3-4,7,10-11,19H,5-6,8-9,13-14H2,1-2H3,(H,27,31)/t19-/m0/s1. The Labute approximate surface area is 191 Å². The van der Waals surface area contributed by atoms with Crippen LogP contribution in [0.15, 0.2) is 36.2 Å². The molecule has 2 amide bonds. The lowest BCUT2D eigenvalue weighted by Gasteiger charge is -2.31. The van der Waals surface area contributed by atoms with E-state index in [4.69, 9.17) is 4.74 Å². The maximum Gasteiger partial charge on any atom is 0.414 e. The van der Waals surface area contributed by atoms with Gasteiger partial charge in [0.1, 0.15) is 29.5 Å². The number of nitrogens with one attached hydrogen (secondary N) is 1. The summed E-state index contributed by atoms with van der Waals surface area (Å²) in [5, 5.41) is 12.3. The number of aromatic nitrogens is 2. The van der Waals surface area contributed by atoms with Crippen molar-refractivity contribution in [2.45, 2.75) is 32.8 Å². The van der Waals surface area contributed by atoms with Crippen molar-refractivity contribution in [1.82, 2.24) is 14.9 Å². The lowest BCUT2D eigenvalue weighted by molar-refractivity contribution is -0.119. The van der Waals surface area contributed by atoms with Crippen molar-refractivity contribution in [1.29, 1.82) is 5.26 Å². The fraction of sp³-hybridized carbons (Fsp3) is 0.391. The molecule has 9 nitrogen and oxygen atoms in total. The van der Waals surface area contributed by atoms with Crippen molar-refractivity contribution in [3.8, 4) is 6.07 Å². The van der Waals surface area contributed by atoms with Gasteiger partial charge in [-0.15, -0.1) is 0 Å². The molecule has 3 heterocycles. The molecule has 1 aromatic heterocycles. The monoisotopic (exact) mass is 452 g/mol. The highest BCUT2D eigenvalue weighted by Gasteiger charge is 2.33.